The monoisotopic (exact) mass is 318 g/mol. The first-order valence-electron chi connectivity index (χ1n) is 8.58. The standard InChI is InChI=1S/C17H26N4O2/c1-12-10-13(2)20-17(19-12)21-7-5-14(6-8-21)11-18-16(22)15-4-3-9-23-15/h10,14-15H,3-9,11H2,1-2H3,(H,18,22)/t15-/m0/s1. The molecule has 6 nitrogen and oxygen atoms in total. The maximum Gasteiger partial charge on any atom is 0.249 e. The number of nitrogens with zero attached hydrogens (tertiary/aromatic N) is 3. The van der Waals surface area contributed by atoms with Crippen molar-refractivity contribution in [2.75, 3.05) is 31.1 Å². The highest BCUT2D eigenvalue weighted by Crippen LogP contribution is 2.21. The van der Waals surface area contributed by atoms with Gasteiger partial charge in [0, 0.05) is 37.6 Å². The molecule has 0 saturated carbocycles. The fourth-order valence-corrected chi connectivity index (χ4v) is 3.33. The van der Waals surface area contributed by atoms with Gasteiger partial charge in [-0.2, -0.15) is 0 Å². The molecule has 1 aromatic heterocycles. The number of nitrogens with one attached hydrogen (secondary N) is 1. The summed E-state index contributed by atoms with van der Waals surface area (Å²) >= 11 is 0. The molecule has 2 saturated heterocycles. The number of carbonyl (C=O) groups excluding carboxylic acids is 1. The van der Waals surface area contributed by atoms with Crippen LogP contribution in [0, 0.1) is 19.8 Å². The van der Waals surface area contributed by atoms with Gasteiger partial charge in [-0.1, -0.05) is 0 Å². The molecule has 2 aliphatic heterocycles. The molecule has 23 heavy (non-hydrogen) atoms. The number of aromatic nitrogens is 2. The summed E-state index contributed by atoms with van der Waals surface area (Å²) in [5, 5.41) is 3.05. The van der Waals surface area contributed by atoms with E-state index in [0.29, 0.717) is 12.5 Å². The normalized spacial score (nSPS) is 22.3. The summed E-state index contributed by atoms with van der Waals surface area (Å²) in [6.45, 7) is 7.37. The van der Waals surface area contributed by atoms with Crippen molar-refractivity contribution >= 4 is 11.9 Å². The predicted molar refractivity (Wildman–Crippen MR) is 88.4 cm³/mol. The van der Waals surface area contributed by atoms with Gasteiger partial charge in [-0.25, -0.2) is 9.97 Å². The summed E-state index contributed by atoms with van der Waals surface area (Å²) < 4.78 is 5.42. The summed E-state index contributed by atoms with van der Waals surface area (Å²) in [4.78, 5) is 23.3. The molecular formula is C17H26N4O2. The number of piperidine rings is 1. The maximum absolute atomic E-state index is 12.0. The van der Waals surface area contributed by atoms with Crippen molar-refractivity contribution in [3.05, 3.63) is 17.5 Å². The van der Waals surface area contributed by atoms with Crippen LogP contribution in [-0.2, 0) is 9.53 Å². The minimum atomic E-state index is -0.223. The smallest absolute Gasteiger partial charge is 0.249 e. The zero-order valence-corrected chi connectivity index (χ0v) is 14.0. The second-order valence-electron chi connectivity index (χ2n) is 6.63. The van der Waals surface area contributed by atoms with Gasteiger partial charge in [0.1, 0.15) is 6.10 Å². The van der Waals surface area contributed by atoms with Gasteiger partial charge in [0.25, 0.3) is 0 Å². The number of ether oxygens (including phenoxy) is 1. The zero-order valence-electron chi connectivity index (χ0n) is 14.0. The number of rotatable bonds is 4. The van der Waals surface area contributed by atoms with Gasteiger partial charge in [0.05, 0.1) is 0 Å². The second-order valence-corrected chi connectivity index (χ2v) is 6.63. The summed E-state index contributed by atoms with van der Waals surface area (Å²) in [6, 6.07) is 2.00. The fourth-order valence-electron chi connectivity index (χ4n) is 3.33. The quantitative estimate of drug-likeness (QED) is 0.913. The molecule has 0 radical (unpaired) electrons. The maximum atomic E-state index is 12.0. The van der Waals surface area contributed by atoms with Crippen LogP contribution < -0.4 is 10.2 Å². The zero-order chi connectivity index (χ0) is 16.2. The van der Waals surface area contributed by atoms with E-state index < -0.39 is 0 Å². The average molecular weight is 318 g/mol. The highest BCUT2D eigenvalue weighted by atomic mass is 16.5. The Hall–Kier alpha value is -1.69. The Bertz CT molecular complexity index is 529. The molecule has 0 spiro atoms. The Morgan fingerprint density at radius 2 is 1.96 bits per heavy atom. The van der Waals surface area contributed by atoms with Gasteiger partial charge in [-0.15, -0.1) is 0 Å². The fraction of sp³-hybridized carbons (Fsp3) is 0.706. The summed E-state index contributed by atoms with van der Waals surface area (Å²) in [7, 11) is 0. The third kappa shape index (κ3) is 4.19. The SMILES string of the molecule is Cc1cc(C)nc(N2CCC(CNC(=O)[C@@H]3CCCO3)CC2)n1. The van der Waals surface area contributed by atoms with Crippen molar-refractivity contribution in [3.63, 3.8) is 0 Å². The lowest BCUT2D eigenvalue weighted by molar-refractivity contribution is -0.130. The molecule has 3 heterocycles. The number of carbonyl (C=O) groups is 1. The number of anilines is 1. The highest BCUT2D eigenvalue weighted by Gasteiger charge is 2.25. The van der Waals surface area contributed by atoms with E-state index in [1.807, 2.05) is 19.9 Å². The van der Waals surface area contributed by atoms with Crippen LogP contribution in [0.2, 0.25) is 0 Å². The molecule has 126 valence electrons. The Kier molecular flexibility index (Phi) is 5.10. The molecule has 6 heteroatoms. The largest absolute Gasteiger partial charge is 0.368 e. The molecule has 2 fully saturated rings. The first-order valence-corrected chi connectivity index (χ1v) is 8.58. The first kappa shape index (κ1) is 16.2. The lowest BCUT2D eigenvalue weighted by Crippen LogP contribution is -2.41. The van der Waals surface area contributed by atoms with Crippen molar-refractivity contribution < 1.29 is 9.53 Å². The Morgan fingerprint density at radius 1 is 1.26 bits per heavy atom. The summed E-state index contributed by atoms with van der Waals surface area (Å²) in [6.07, 6.45) is 3.74. The Labute approximate surface area is 137 Å². The lowest BCUT2D eigenvalue weighted by atomic mass is 9.97. The van der Waals surface area contributed by atoms with Gasteiger partial charge in [0.2, 0.25) is 11.9 Å². The van der Waals surface area contributed by atoms with E-state index in [9.17, 15) is 4.79 Å². The topological polar surface area (TPSA) is 67.4 Å². The van der Waals surface area contributed by atoms with Crippen LogP contribution in [0.3, 0.4) is 0 Å². The van der Waals surface area contributed by atoms with Crippen molar-refractivity contribution in [2.45, 2.75) is 45.6 Å². The molecule has 2 aliphatic rings. The van der Waals surface area contributed by atoms with Gasteiger partial charge in [-0.05, 0) is 51.5 Å². The van der Waals surface area contributed by atoms with E-state index in [0.717, 1.165) is 62.7 Å². The number of hydrogen-bond acceptors (Lipinski definition) is 5. The van der Waals surface area contributed by atoms with E-state index >= 15 is 0 Å². The van der Waals surface area contributed by atoms with Crippen LogP contribution in [0.5, 0.6) is 0 Å². The van der Waals surface area contributed by atoms with Gasteiger partial charge in [0.15, 0.2) is 0 Å². The van der Waals surface area contributed by atoms with Crippen molar-refractivity contribution in [3.8, 4) is 0 Å². The first-order chi connectivity index (χ1) is 11.1. The number of aryl methyl sites for hydroxylation is 2. The van der Waals surface area contributed by atoms with Crippen LogP contribution >= 0.6 is 0 Å². The van der Waals surface area contributed by atoms with Gasteiger partial charge in [-0.3, -0.25) is 4.79 Å². The van der Waals surface area contributed by atoms with Crippen LogP contribution in [0.4, 0.5) is 5.95 Å². The second kappa shape index (κ2) is 7.25. The van der Waals surface area contributed by atoms with Crippen LogP contribution in [-0.4, -0.2) is 48.2 Å². The van der Waals surface area contributed by atoms with Gasteiger partial charge >= 0.3 is 0 Å². The average Bonchev–Trinajstić information content (AvgIpc) is 3.07. The predicted octanol–water partition coefficient (Wildman–Crippen LogP) is 1.61. The molecular weight excluding hydrogens is 292 g/mol. The Balaban J connectivity index is 1.45. The van der Waals surface area contributed by atoms with E-state index in [4.69, 9.17) is 4.74 Å². The van der Waals surface area contributed by atoms with Crippen molar-refractivity contribution in [1.29, 1.82) is 0 Å². The van der Waals surface area contributed by atoms with E-state index in [1.165, 1.54) is 0 Å². The third-order valence-corrected chi connectivity index (χ3v) is 4.65. The molecule has 1 atom stereocenters. The van der Waals surface area contributed by atoms with Gasteiger partial charge < -0.3 is 15.0 Å². The molecule has 0 bridgehead atoms. The van der Waals surface area contributed by atoms with E-state index in [2.05, 4.69) is 20.2 Å². The molecule has 0 aromatic carbocycles. The molecule has 0 aliphatic carbocycles. The van der Waals surface area contributed by atoms with E-state index in [1.54, 1.807) is 0 Å². The molecule has 0 unspecified atom stereocenters. The highest BCUT2D eigenvalue weighted by molar-refractivity contribution is 5.80. The van der Waals surface area contributed by atoms with Crippen molar-refractivity contribution in [1.82, 2.24) is 15.3 Å². The molecule has 1 N–H and O–H groups in total. The van der Waals surface area contributed by atoms with Crippen LogP contribution in [0.1, 0.15) is 37.1 Å². The summed E-state index contributed by atoms with van der Waals surface area (Å²) in [5.41, 5.74) is 2.02. The number of amides is 1. The summed E-state index contributed by atoms with van der Waals surface area (Å²) in [5.74, 6) is 1.43. The van der Waals surface area contributed by atoms with Crippen molar-refractivity contribution in [2.24, 2.45) is 5.92 Å². The molecule has 3 rings (SSSR count). The van der Waals surface area contributed by atoms with E-state index in [-0.39, 0.29) is 12.0 Å². The Morgan fingerprint density at radius 3 is 2.57 bits per heavy atom. The minimum absolute atomic E-state index is 0.0579. The number of hydrogen-bond donors (Lipinski definition) is 1. The minimum Gasteiger partial charge on any atom is -0.368 e. The third-order valence-electron chi connectivity index (χ3n) is 4.65. The van der Waals surface area contributed by atoms with Crippen LogP contribution in [0.15, 0.2) is 6.07 Å². The lowest BCUT2D eigenvalue weighted by Gasteiger charge is -2.32. The molecule has 1 amide bonds. The van der Waals surface area contributed by atoms with Crippen LogP contribution in [0.25, 0.3) is 0 Å². The molecule has 1 aromatic rings.